The van der Waals surface area contributed by atoms with E-state index in [-0.39, 0.29) is 6.04 Å². The minimum atomic E-state index is 0.0388. The van der Waals surface area contributed by atoms with Crippen LogP contribution in [-0.2, 0) is 0 Å². The van der Waals surface area contributed by atoms with E-state index in [0.29, 0.717) is 0 Å². The van der Waals surface area contributed by atoms with E-state index in [1.165, 1.54) is 0 Å². The molecule has 0 radical (unpaired) electrons. The van der Waals surface area contributed by atoms with E-state index in [9.17, 15) is 0 Å². The minimum Gasteiger partial charge on any atom is -0.324 e. The highest BCUT2D eigenvalue weighted by Crippen LogP contribution is 2.27. The van der Waals surface area contributed by atoms with E-state index in [4.69, 9.17) is 5.73 Å². The maximum atomic E-state index is 6.02. The highest BCUT2D eigenvalue weighted by molar-refractivity contribution is 9.13. The number of nitrogens with two attached hydrogens (primary N) is 1. The topological polar surface area (TPSA) is 26.0 Å². The van der Waals surface area contributed by atoms with Gasteiger partial charge in [-0.15, -0.1) is 6.58 Å². The summed E-state index contributed by atoms with van der Waals surface area (Å²) in [5, 5.41) is 0. The van der Waals surface area contributed by atoms with Gasteiger partial charge in [-0.05, 0) is 62.9 Å². The van der Waals surface area contributed by atoms with Crippen molar-refractivity contribution in [1.82, 2.24) is 0 Å². The van der Waals surface area contributed by atoms with Gasteiger partial charge in [0.25, 0.3) is 0 Å². The molecule has 1 nitrogen and oxygen atoms in total. The zero-order chi connectivity index (χ0) is 10.7. The van der Waals surface area contributed by atoms with Crippen LogP contribution in [0, 0.1) is 0 Å². The molecule has 0 bridgehead atoms. The van der Waals surface area contributed by atoms with Crippen LogP contribution >= 0.6 is 31.9 Å². The molecule has 0 saturated heterocycles. The third kappa shape index (κ3) is 3.23. The summed E-state index contributed by atoms with van der Waals surface area (Å²) >= 11 is 6.88. The Morgan fingerprint density at radius 3 is 2.57 bits per heavy atom. The summed E-state index contributed by atoms with van der Waals surface area (Å²) in [5.41, 5.74) is 8.25. The molecule has 0 aliphatic heterocycles. The van der Waals surface area contributed by atoms with Crippen LogP contribution in [-0.4, -0.2) is 0 Å². The molecule has 1 aromatic rings. The molecule has 0 amide bonds. The summed E-state index contributed by atoms with van der Waals surface area (Å²) in [6, 6.07) is 6.11. The fraction of sp³-hybridized carbons (Fsp3) is 0.273. The van der Waals surface area contributed by atoms with E-state index in [1.54, 1.807) is 0 Å². The van der Waals surface area contributed by atoms with Crippen LogP contribution in [0.3, 0.4) is 0 Å². The van der Waals surface area contributed by atoms with Gasteiger partial charge in [-0.2, -0.15) is 0 Å². The number of benzene rings is 1. The largest absolute Gasteiger partial charge is 0.324 e. The molecule has 14 heavy (non-hydrogen) atoms. The molecule has 0 saturated carbocycles. The van der Waals surface area contributed by atoms with Crippen molar-refractivity contribution in [3.05, 3.63) is 44.9 Å². The molecular formula is C11H13Br2N. The first-order valence-corrected chi connectivity index (χ1v) is 5.94. The van der Waals surface area contributed by atoms with E-state index in [2.05, 4.69) is 38.4 Å². The van der Waals surface area contributed by atoms with E-state index >= 15 is 0 Å². The Bertz CT molecular complexity index is 347. The monoisotopic (exact) mass is 317 g/mol. The number of halogens is 2. The second kappa shape index (κ2) is 5.10. The minimum absolute atomic E-state index is 0.0388. The molecule has 0 fully saturated rings. The summed E-state index contributed by atoms with van der Waals surface area (Å²) in [6.45, 7) is 5.85. The van der Waals surface area contributed by atoms with Gasteiger partial charge >= 0.3 is 0 Å². The van der Waals surface area contributed by atoms with Crippen molar-refractivity contribution >= 4 is 31.9 Å². The average Bonchev–Trinajstić information content (AvgIpc) is 2.08. The molecule has 0 aromatic heterocycles. The summed E-state index contributed by atoms with van der Waals surface area (Å²) in [7, 11) is 0. The smallest absolute Gasteiger partial charge is 0.0332 e. The number of rotatable bonds is 3. The Morgan fingerprint density at radius 1 is 1.43 bits per heavy atom. The van der Waals surface area contributed by atoms with Crippen molar-refractivity contribution < 1.29 is 0 Å². The Kier molecular flexibility index (Phi) is 4.35. The second-order valence-electron chi connectivity index (χ2n) is 3.44. The molecule has 2 N–H and O–H groups in total. The van der Waals surface area contributed by atoms with Crippen LogP contribution in [0.2, 0.25) is 0 Å². The van der Waals surface area contributed by atoms with Gasteiger partial charge in [0.2, 0.25) is 0 Å². The third-order valence-corrected chi connectivity index (χ3v) is 3.82. The Morgan fingerprint density at radius 2 is 2.07 bits per heavy atom. The highest BCUT2D eigenvalue weighted by atomic mass is 79.9. The summed E-state index contributed by atoms with van der Waals surface area (Å²) in [4.78, 5) is 0. The summed E-state index contributed by atoms with van der Waals surface area (Å²) in [5.74, 6) is 0. The normalized spacial score (nSPS) is 12.6. The van der Waals surface area contributed by atoms with E-state index in [0.717, 1.165) is 26.5 Å². The van der Waals surface area contributed by atoms with Gasteiger partial charge in [-0.3, -0.25) is 0 Å². The quantitative estimate of drug-likeness (QED) is 0.831. The van der Waals surface area contributed by atoms with E-state index < -0.39 is 0 Å². The zero-order valence-electron chi connectivity index (χ0n) is 8.06. The Hall–Kier alpha value is -0.120. The number of hydrogen-bond acceptors (Lipinski definition) is 1. The van der Waals surface area contributed by atoms with E-state index in [1.807, 2.05) is 25.1 Å². The highest BCUT2D eigenvalue weighted by Gasteiger charge is 2.07. The average molecular weight is 319 g/mol. The van der Waals surface area contributed by atoms with Crippen LogP contribution in [0.4, 0.5) is 0 Å². The van der Waals surface area contributed by atoms with Crippen LogP contribution in [0.1, 0.15) is 24.9 Å². The van der Waals surface area contributed by atoms with Gasteiger partial charge in [-0.25, -0.2) is 0 Å². The van der Waals surface area contributed by atoms with Gasteiger partial charge in [0.15, 0.2) is 0 Å². The van der Waals surface area contributed by atoms with Crippen LogP contribution < -0.4 is 5.73 Å². The van der Waals surface area contributed by atoms with Gasteiger partial charge in [-0.1, -0.05) is 11.6 Å². The summed E-state index contributed by atoms with van der Waals surface area (Å²) in [6.07, 6.45) is 0.827. The predicted molar refractivity (Wildman–Crippen MR) is 68.2 cm³/mol. The van der Waals surface area contributed by atoms with Gasteiger partial charge in [0.1, 0.15) is 0 Å². The van der Waals surface area contributed by atoms with Crippen molar-refractivity contribution in [2.24, 2.45) is 5.73 Å². The molecule has 0 heterocycles. The van der Waals surface area contributed by atoms with Gasteiger partial charge in [0.05, 0.1) is 0 Å². The Labute approximate surface area is 102 Å². The molecule has 0 aliphatic carbocycles. The van der Waals surface area contributed by atoms with Gasteiger partial charge < -0.3 is 5.73 Å². The maximum Gasteiger partial charge on any atom is 0.0332 e. The molecule has 0 aliphatic rings. The van der Waals surface area contributed by atoms with Crippen molar-refractivity contribution in [2.75, 3.05) is 0 Å². The lowest BCUT2D eigenvalue weighted by molar-refractivity contribution is 0.716. The van der Waals surface area contributed by atoms with Crippen molar-refractivity contribution in [3.8, 4) is 0 Å². The lowest BCUT2D eigenvalue weighted by Gasteiger charge is -2.12. The van der Waals surface area contributed by atoms with Crippen LogP contribution in [0.25, 0.3) is 0 Å². The van der Waals surface area contributed by atoms with Crippen molar-refractivity contribution in [3.63, 3.8) is 0 Å². The molecule has 76 valence electrons. The first-order valence-electron chi connectivity index (χ1n) is 4.35. The molecule has 0 spiro atoms. The molecule has 1 rings (SSSR count). The zero-order valence-corrected chi connectivity index (χ0v) is 11.2. The third-order valence-electron chi connectivity index (χ3n) is 1.94. The van der Waals surface area contributed by atoms with Crippen LogP contribution in [0.5, 0.6) is 0 Å². The predicted octanol–water partition coefficient (Wildman–Crippen LogP) is 4.18. The second-order valence-corrected chi connectivity index (χ2v) is 5.15. The van der Waals surface area contributed by atoms with Crippen molar-refractivity contribution in [1.29, 1.82) is 0 Å². The first-order chi connectivity index (χ1) is 6.50. The first kappa shape index (κ1) is 12.0. The SMILES string of the molecule is C=C(C)C[C@@H](N)c1ccc(Br)c(Br)c1. The standard InChI is InChI=1S/C11H13Br2N/c1-7(2)5-11(14)8-3-4-9(12)10(13)6-8/h3-4,6,11H,1,5,14H2,2H3/t11-/m1/s1. The van der Waals surface area contributed by atoms with Crippen LogP contribution in [0.15, 0.2) is 39.3 Å². The molecule has 3 heteroatoms. The Balaban J connectivity index is 2.85. The maximum absolute atomic E-state index is 6.02. The molecule has 1 atom stereocenters. The molecule has 0 unspecified atom stereocenters. The fourth-order valence-corrected chi connectivity index (χ4v) is 1.88. The molecular weight excluding hydrogens is 306 g/mol. The fourth-order valence-electron chi connectivity index (χ4n) is 1.24. The van der Waals surface area contributed by atoms with Gasteiger partial charge in [0, 0.05) is 15.0 Å². The van der Waals surface area contributed by atoms with Crippen molar-refractivity contribution in [2.45, 2.75) is 19.4 Å². The lowest BCUT2D eigenvalue weighted by atomic mass is 10.0. The molecule has 1 aromatic carbocycles. The summed E-state index contributed by atoms with van der Waals surface area (Å²) < 4.78 is 2.08. The number of hydrogen-bond donors (Lipinski definition) is 1. The lowest BCUT2D eigenvalue weighted by Crippen LogP contribution is -2.10.